The second kappa shape index (κ2) is 9.20. The Hall–Kier alpha value is -3.44. The topological polar surface area (TPSA) is 52.6 Å². The van der Waals surface area contributed by atoms with Gasteiger partial charge in [-0.3, -0.25) is 4.98 Å². The smallest absolute Gasteiger partial charge is 0.162 e. The summed E-state index contributed by atoms with van der Waals surface area (Å²) in [5.41, 5.74) is 3.91. The molecule has 0 unspecified atom stereocenters. The van der Waals surface area contributed by atoms with E-state index in [0.717, 1.165) is 22.3 Å². The Morgan fingerprint density at radius 3 is 2.15 bits per heavy atom. The van der Waals surface area contributed by atoms with Crippen LogP contribution in [0.25, 0.3) is 10.9 Å². The molecule has 0 aliphatic rings. The molecular weight excluding hydrogens is 436 g/mol. The maximum atomic E-state index is 6.56. The fraction of sp³-hybridized carbons (Fsp3) is 0.222. The van der Waals surface area contributed by atoms with Crippen LogP contribution in [0.15, 0.2) is 66.9 Å². The number of halogens is 1. The molecule has 3 aromatic carbocycles. The van der Waals surface area contributed by atoms with Gasteiger partial charge in [0.05, 0.1) is 30.4 Å². The lowest BCUT2D eigenvalue weighted by Gasteiger charge is -2.19. The molecule has 0 amide bonds. The van der Waals surface area contributed by atoms with Gasteiger partial charge in [0, 0.05) is 29.4 Å². The van der Waals surface area contributed by atoms with Crippen LogP contribution in [-0.4, -0.2) is 19.2 Å². The van der Waals surface area contributed by atoms with Gasteiger partial charge in [0.15, 0.2) is 11.5 Å². The lowest BCUT2D eigenvalue weighted by molar-refractivity contribution is 0.355. The number of benzene rings is 3. The summed E-state index contributed by atoms with van der Waals surface area (Å²) in [6.45, 7) is 6.59. The van der Waals surface area contributed by atoms with Crippen molar-refractivity contribution < 1.29 is 14.2 Å². The van der Waals surface area contributed by atoms with E-state index in [4.69, 9.17) is 25.8 Å². The van der Waals surface area contributed by atoms with Crippen molar-refractivity contribution in [2.45, 2.75) is 26.2 Å². The van der Waals surface area contributed by atoms with E-state index in [0.29, 0.717) is 28.0 Å². The minimum absolute atomic E-state index is 0.113. The molecule has 4 rings (SSSR count). The minimum atomic E-state index is 0.113. The van der Waals surface area contributed by atoms with Crippen LogP contribution >= 0.6 is 11.6 Å². The zero-order valence-electron chi connectivity index (χ0n) is 19.4. The summed E-state index contributed by atoms with van der Waals surface area (Å²) in [5, 5.41) is 4.74. The summed E-state index contributed by atoms with van der Waals surface area (Å²) in [6.07, 6.45) is 1.70. The van der Waals surface area contributed by atoms with Crippen LogP contribution in [0.1, 0.15) is 26.3 Å². The Labute approximate surface area is 199 Å². The minimum Gasteiger partial charge on any atom is -0.493 e. The highest BCUT2D eigenvalue weighted by Gasteiger charge is 2.14. The number of nitrogens with one attached hydrogen (secondary N) is 1. The maximum Gasteiger partial charge on any atom is 0.162 e. The van der Waals surface area contributed by atoms with Gasteiger partial charge in [-0.1, -0.05) is 44.5 Å². The molecule has 0 spiro atoms. The van der Waals surface area contributed by atoms with Crippen LogP contribution in [0.2, 0.25) is 5.02 Å². The molecule has 0 atom stereocenters. The molecule has 1 aromatic heterocycles. The van der Waals surface area contributed by atoms with E-state index in [1.807, 2.05) is 30.3 Å². The maximum absolute atomic E-state index is 6.56. The highest BCUT2D eigenvalue weighted by atomic mass is 35.5. The van der Waals surface area contributed by atoms with Crippen molar-refractivity contribution in [1.82, 2.24) is 4.98 Å². The first-order chi connectivity index (χ1) is 15.8. The Balaban J connectivity index is 1.57. The molecule has 6 heteroatoms. The van der Waals surface area contributed by atoms with Gasteiger partial charge in [-0.05, 0) is 47.4 Å². The zero-order valence-corrected chi connectivity index (χ0v) is 20.2. The number of methoxy groups -OCH3 is 2. The van der Waals surface area contributed by atoms with Crippen molar-refractivity contribution in [3.8, 4) is 23.0 Å². The molecule has 0 saturated heterocycles. The largest absolute Gasteiger partial charge is 0.493 e. The number of pyridine rings is 1. The predicted molar refractivity (Wildman–Crippen MR) is 135 cm³/mol. The summed E-state index contributed by atoms with van der Waals surface area (Å²) in [7, 11) is 3.20. The third kappa shape index (κ3) is 4.99. The van der Waals surface area contributed by atoms with Gasteiger partial charge in [0.2, 0.25) is 0 Å². The Morgan fingerprint density at radius 2 is 1.52 bits per heavy atom. The lowest BCUT2D eigenvalue weighted by atomic mass is 9.87. The summed E-state index contributed by atoms with van der Waals surface area (Å²) in [6, 6.07) is 19.5. The van der Waals surface area contributed by atoms with Gasteiger partial charge in [-0.15, -0.1) is 0 Å². The molecule has 0 fully saturated rings. The molecule has 5 nitrogen and oxygen atoms in total. The van der Waals surface area contributed by atoms with E-state index in [-0.39, 0.29) is 5.41 Å². The highest BCUT2D eigenvalue weighted by Crippen LogP contribution is 2.38. The molecule has 0 saturated carbocycles. The second-order valence-electron chi connectivity index (χ2n) is 8.73. The molecule has 0 aliphatic heterocycles. The number of nitrogens with zero attached hydrogens (tertiary/aromatic N) is 1. The van der Waals surface area contributed by atoms with Crippen LogP contribution in [0, 0.1) is 0 Å². The number of hydrogen-bond acceptors (Lipinski definition) is 5. The zero-order chi connectivity index (χ0) is 23.6. The molecule has 0 radical (unpaired) electrons. The van der Waals surface area contributed by atoms with Crippen molar-refractivity contribution in [3.05, 3.63) is 77.4 Å². The highest BCUT2D eigenvalue weighted by molar-refractivity contribution is 6.33. The van der Waals surface area contributed by atoms with Gasteiger partial charge >= 0.3 is 0 Å². The Kier molecular flexibility index (Phi) is 6.34. The molecule has 170 valence electrons. The molecule has 0 aliphatic carbocycles. The molecular formula is C27H27ClN2O3. The summed E-state index contributed by atoms with van der Waals surface area (Å²) in [5.74, 6) is 2.49. The predicted octanol–water partition coefficient (Wildman–Crippen LogP) is 7.74. The monoisotopic (exact) mass is 462 g/mol. The fourth-order valence-corrected chi connectivity index (χ4v) is 3.75. The summed E-state index contributed by atoms with van der Waals surface area (Å²) in [4.78, 5) is 4.42. The van der Waals surface area contributed by atoms with Crippen LogP contribution in [-0.2, 0) is 5.41 Å². The molecule has 33 heavy (non-hydrogen) atoms. The van der Waals surface area contributed by atoms with Crippen LogP contribution in [0.5, 0.6) is 23.0 Å². The standard InChI is InChI=1S/C27H27ClN2O3/c1-27(2,3)17-6-8-18(9-7-17)30-22-11-10-19(14-21(22)28)33-24-12-13-29-23-16-26(32-5)25(31-4)15-20(23)24/h6-16,30H,1-5H3. The number of ether oxygens (including phenoxy) is 3. The number of rotatable bonds is 6. The van der Waals surface area contributed by atoms with Crippen molar-refractivity contribution >= 4 is 33.9 Å². The van der Waals surface area contributed by atoms with E-state index in [2.05, 4.69) is 55.3 Å². The van der Waals surface area contributed by atoms with Gasteiger partial charge in [0.1, 0.15) is 11.5 Å². The average molecular weight is 463 g/mol. The molecule has 4 aromatic rings. The van der Waals surface area contributed by atoms with Crippen LogP contribution in [0.4, 0.5) is 11.4 Å². The van der Waals surface area contributed by atoms with Gasteiger partial charge in [-0.25, -0.2) is 0 Å². The van der Waals surface area contributed by atoms with Gasteiger partial charge in [-0.2, -0.15) is 0 Å². The van der Waals surface area contributed by atoms with Crippen LogP contribution in [0.3, 0.4) is 0 Å². The first-order valence-corrected chi connectivity index (χ1v) is 11.0. The van der Waals surface area contributed by atoms with E-state index >= 15 is 0 Å². The third-order valence-electron chi connectivity index (χ3n) is 5.41. The second-order valence-corrected chi connectivity index (χ2v) is 9.14. The van der Waals surface area contributed by atoms with Crippen molar-refractivity contribution in [2.75, 3.05) is 19.5 Å². The molecule has 0 bridgehead atoms. The molecule has 1 heterocycles. The van der Waals surface area contributed by atoms with E-state index in [1.54, 1.807) is 26.5 Å². The number of fused-ring (bicyclic) bond motifs is 1. The van der Waals surface area contributed by atoms with Crippen molar-refractivity contribution in [3.63, 3.8) is 0 Å². The van der Waals surface area contributed by atoms with Gasteiger partial charge < -0.3 is 19.5 Å². The van der Waals surface area contributed by atoms with Crippen LogP contribution < -0.4 is 19.5 Å². The van der Waals surface area contributed by atoms with Crippen molar-refractivity contribution in [2.24, 2.45) is 0 Å². The Bertz CT molecular complexity index is 1280. The number of hydrogen-bond donors (Lipinski definition) is 1. The third-order valence-corrected chi connectivity index (χ3v) is 5.72. The lowest BCUT2D eigenvalue weighted by Crippen LogP contribution is -2.10. The van der Waals surface area contributed by atoms with Crippen molar-refractivity contribution in [1.29, 1.82) is 0 Å². The first kappa shape index (κ1) is 22.7. The number of aromatic nitrogens is 1. The Morgan fingerprint density at radius 1 is 0.818 bits per heavy atom. The first-order valence-electron chi connectivity index (χ1n) is 10.6. The molecule has 1 N–H and O–H groups in total. The quantitative estimate of drug-likeness (QED) is 0.317. The SMILES string of the molecule is COc1cc2nccc(Oc3ccc(Nc4ccc(C(C)(C)C)cc4)c(Cl)c3)c2cc1OC. The summed E-state index contributed by atoms with van der Waals surface area (Å²) >= 11 is 6.56. The normalized spacial score (nSPS) is 11.3. The fourth-order valence-electron chi connectivity index (χ4n) is 3.53. The van der Waals surface area contributed by atoms with E-state index < -0.39 is 0 Å². The van der Waals surface area contributed by atoms with E-state index in [9.17, 15) is 0 Å². The summed E-state index contributed by atoms with van der Waals surface area (Å²) < 4.78 is 17.0. The van der Waals surface area contributed by atoms with E-state index in [1.165, 1.54) is 5.56 Å². The average Bonchev–Trinajstić information content (AvgIpc) is 2.80. The van der Waals surface area contributed by atoms with Gasteiger partial charge in [0.25, 0.3) is 0 Å². The number of anilines is 2.